The van der Waals surface area contributed by atoms with Crippen molar-refractivity contribution in [2.24, 2.45) is 0 Å². The van der Waals surface area contributed by atoms with Crippen LogP contribution in [0.1, 0.15) is 27.6 Å². The van der Waals surface area contributed by atoms with E-state index in [1.165, 1.54) is 11.3 Å². The van der Waals surface area contributed by atoms with Crippen molar-refractivity contribution < 1.29 is 14.3 Å². The highest BCUT2D eigenvalue weighted by molar-refractivity contribution is 7.08. The minimum atomic E-state index is -0.215. The average Bonchev–Trinajstić information content (AvgIpc) is 3.17. The number of morpholine rings is 1. The molecule has 1 atom stereocenters. The Labute approximate surface area is 157 Å². The number of nitrogens with zero attached hydrogens (tertiary/aromatic N) is 1. The first-order valence-corrected chi connectivity index (χ1v) is 9.61. The third-order valence-corrected chi connectivity index (χ3v) is 4.90. The van der Waals surface area contributed by atoms with Crippen LogP contribution in [0.15, 0.2) is 41.1 Å². The smallest absolute Gasteiger partial charge is 0.256 e. The fourth-order valence-corrected chi connectivity index (χ4v) is 3.53. The maximum Gasteiger partial charge on any atom is 0.256 e. The van der Waals surface area contributed by atoms with E-state index in [2.05, 4.69) is 15.5 Å². The molecule has 6 nitrogen and oxygen atoms in total. The van der Waals surface area contributed by atoms with Crippen LogP contribution in [0.4, 0.5) is 5.69 Å². The van der Waals surface area contributed by atoms with E-state index in [-0.39, 0.29) is 17.9 Å². The summed E-state index contributed by atoms with van der Waals surface area (Å²) >= 11 is 1.46. The molecular formula is C19H23N3O3S. The molecule has 1 aromatic carbocycles. The van der Waals surface area contributed by atoms with Crippen LogP contribution < -0.4 is 10.6 Å². The zero-order valence-corrected chi connectivity index (χ0v) is 15.6. The largest absolute Gasteiger partial charge is 0.379 e. The quantitative estimate of drug-likeness (QED) is 0.816. The van der Waals surface area contributed by atoms with Crippen LogP contribution in [-0.2, 0) is 4.74 Å². The summed E-state index contributed by atoms with van der Waals surface area (Å²) in [5, 5.41) is 9.48. The zero-order chi connectivity index (χ0) is 18.4. The number of ether oxygens (including phenoxy) is 1. The zero-order valence-electron chi connectivity index (χ0n) is 14.7. The van der Waals surface area contributed by atoms with Gasteiger partial charge in [0, 0.05) is 31.1 Å². The molecule has 138 valence electrons. The molecule has 1 aliphatic heterocycles. The van der Waals surface area contributed by atoms with Crippen molar-refractivity contribution in [1.29, 1.82) is 0 Å². The first kappa shape index (κ1) is 18.6. The normalized spacial score (nSPS) is 16.0. The highest BCUT2D eigenvalue weighted by Crippen LogP contribution is 2.17. The van der Waals surface area contributed by atoms with Crippen molar-refractivity contribution in [2.75, 3.05) is 38.2 Å². The van der Waals surface area contributed by atoms with E-state index < -0.39 is 0 Å². The number of para-hydroxylation sites is 1. The van der Waals surface area contributed by atoms with E-state index >= 15 is 0 Å². The molecule has 1 saturated heterocycles. The van der Waals surface area contributed by atoms with Gasteiger partial charge >= 0.3 is 0 Å². The van der Waals surface area contributed by atoms with E-state index in [9.17, 15) is 9.59 Å². The summed E-state index contributed by atoms with van der Waals surface area (Å²) in [6, 6.07) is 8.82. The van der Waals surface area contributed by atoms with Crippen LogP contribution in [-0.4, -0.2) is 55.6 Å². The third-order valence-electron chi connectivity index (χ3n) is 4.22. The third kappa shape index (κ3) is 4.91. The van der Waals surface area contributed by atoms with Gasteiger partial charge in [-0.05, 0) is 30.5 Å². The van der Waals surface area contributed by atoms with E-state index in [1.54, 1.807) is 35.7 Å². The Bertz CT molecular complexity index is 742. The van der Waals surface area contributed by atoms with E-state index in [0.29, 0.717) is 16.8 Å². The number of rotatable bonds is 6. The molecule has 0 radical (unpaired) electrons. The van der Waals surface area contributed by atoms with E-state index in [4.69, 9.17) is 4.74 Å². The molecule has 0 aliphatic carbocycles. The van der Waals surface area contributed by atoms with Crippen LogP contribution in [0.3, 0.4) is 0 Å². The molecule has 2 amide bonds. The molecule has 1 aromatic heterocycles. The van der Waals surface area contributed by atoms with Crippen LogP contribution in [0.5, 0.6) is 0 Å². The van der Waals surface area contributed by atoms with E-state index in [1.807, 2.05) is 12.3 Å². The van der Waals surface area contributed by atoms with Crippen LogP contribution in [0, 0.1) is 0 Å². The molecule has 26 heavy (non-hydrogen) atoms. The second-order valence-electron chi connectivity index (χ2n) is 6.30. The Hall–Kier alpha value is -2.22. The van der Waals surface area contributed by atoms with Gasteiger partial charge in [-0.1, -0.05) is 12.1 Å². The summed E-state index contributed by atoms with van der Waals surface area (Å²) in [6.07, 6.45) is 0. The summed E-state index contributed by atoms with van der Waals surface area (Å²) in [6.45, 7) is 6.00. The minimum absolute atomic E-state index is 0.00114. The fraction of sp³-hybridized carbons (Fsp3) is 0.368. The van der Waals surface area contributed by atoms with Crippen molar-refractivity contribution in [1.82, 2.24) is 10.2 Å². The fourth-order valence-electron chi connectivity index (χ4n) is 2.90. The molecule has 1 fully saturated rings. The molecule has 2 heterocycles. The van der Waals surface area contributed by atoms with Crippen LogP contribution in [0.2, 0.25) is 0 Å². The molecule has 2 aromatic rings. The maximum absolute atomic E-state index is 12.7. The monoisotopic (exact) mass is 373 g/mol. The molecule has 0 saturated carbocycles. The van der Waals surface area contributed by atoms with Gasteiger partial charge in [-0.25, -0.2) is 0 Å². The lowest BCUT2D eigenvalue weighted by Gasteiger charge is -2.29. The number of amides is 2. The standard InChI is InChI=1S/C19H23N3O3S/c1-14(12-22-7-9-25-10-8-22)20-19(24)16-4-2-3-5-17(16)21-18(23)15-6-11-26-13-15/h2-6,11,13-14H,7-10,12H2,1H3,(H,20,24)(H,21,23)/t14-/m0/s1. The molecular weight excluding hydrogens is 350 g/mol. The lowest BCUT2D eigenvalue weighted by Crippen LogP contribution is -2.46. The highest BCUT2D eigenvalue weighted by Gasteiger charge is 2.18. The minimum Gasteiger partial charge on any atom is -0.379 e. The Morgan fingerprint density at radius 1 is 1.19 bits per heavy atom. The Kier molecular flexibility index (Phi) is 6.38. The number of hydrogen-bond donors (Lipinski definition) is 2. The number of thiophene rings is 1. The van der Waals surface area contributed by atoms with Crippen molar-refractivity contribution in [3.05, 3.63) is 52.2 Å². The molecule has 0 spiro atoms. The predicted molar refractivity (Wildman–Crippen MR) is 103 cm³/mol. The summed E-state index contributed by atoms with van der Waals surface area (Å²) in [4.78, 5) is 27.2. The molecule has 1 aliphatic rings. The Morgan fingerprint density at radius 3 is 2.69 bits per heavy atom. The number of nitrogens with one attached hydrogen (secondary N) is 2. The van der Waals surface area contributed by atoms with Gasteiger partial charge in [0.15, 0.2) is 0 Å². The topological polar surface area (TPSA) is 70.7 Å². The van der Waals surface area contributed by atoms with Crippen LogP contribution in [0.25, 0.3) is 0 Å². The number of carbonyl (C=O) groups excluding carboxylic acids is 2. The van der Waals surface area contributed by atoms with Gasteiger partial charge < -0.3 is 15.4 Å². The summed E-state index contributed by atoms with van der Waals surface area (Å²) in [5.41, 5.74) is 1.57. The number of anilines is 1. The summed E-state index contributed by atoms with van der Waals surface area (Å²) in [7, 11) is 0. The van der Waals surface area contributed by atoms with Crippen molar-refractivity contribution in [2.45, 2.75) is 13.0 Å². The summed E-state index contributed by atoms with van der Waals surface area (Å²) in [5.74, 6) is -0.403. The molecule has 2 N–H and O–H groups in total. The van der Waals surface area contributed by atoms with Gasteiger partial charge in [0.1, 0.15) is 0 Å². The van der Waals surface area contributed by atoms with Crippen molar-refractivity contribution in [3.8, 4) is 0 Å². The second-order valence-corrected chi connectivity index (χ2v) is 7.08. The molecule has 0 bridgehead atoms. The first-order valence-electron chi connectivity index (χ1n) is 8.67. The SMILES string of the molecule is C[C@@H](CN1CCOCC1)NC(=O)c1ccccc1NC(=O)c1ccsc1. The van der Waals surface area contributed by atoms with E-state index in [0.717, 1.165) is 32.8 Å². The van der Waals surface area contributed by atoms with Gasteiger partial charge in [-0.2, -0.15) is 11.3 Å². The summed E-state index contributed by atoms with van der Waals surface area (Å²) < 4.78 is 5.35. The number of carbonyl (C=O) groups is 2. The van der Waals surface area contributed by atoms with Gasteiger partial charge in [0.05, 0.1) is 30.0 Å². The highest BCUT2D eigenvalue weighted by atomic mass is 32.1. The van der Waals surface area contributed by atoms with Gasteiger partial charge in [0.25, 0.3) is 11.8 Å². The van der Waals surface area contributed by atoms with Crippen molar-refractivity contribution >= 4 is 28.8 Å². The van der Waals surface area contributed by atoms with Gasteiger partial charge in [-0.3, -0.25) is 14.5 Å². The lowest BCUT2D eigenvalue weighted by atomic mass is 10.1. The number of benzene rings is 1. The predicted octanol–water partition coefficient (Wildman–Crippen LogP) is 2.45. The molecule has 3 rings (SSSR count). The lowest BCUT2D eigenvalue weighted by molar-refractivity contribution is 0.0342. The van der Waals surface area contributed by atoms with Gasteiger partial charge in [0.2, 0.25) is 0 Å². The van der Waals surface area contributed by atoms with Crippen LogP contribution >= 0.6 is 11.3 Å². The molecule has 0 unspecified atom stereocenters. The first-order chi connectivity index (χ1) is 12.6. The molecule has 7 heteroatoms. The Morgan fingerprint density at radius 2 is 1.96 bits per heavy atom. The Balaban J connectivity index is 1.62. The number of hydrogen-bond acceptors (Lipinski definition) is 5. The maximum atomic E-state index is 12.7. The average molecular weight is 373 g/mol. The second kappa shape index (κ2) is 8.93. The van der Waals surface area contributed by atoms with Crippen molar-refractivity contribution in [3.63, 3.8) is 0 Å². The van der Waals surface area contributed by atoms with Gasteiger partial charge in [-0.15, -0.1) is 0 Å².